The van der Waals surface area contributed by atoms with Gasteiger partial charge in [-0.25, -0.2) is 0 Å². The fourth-order valence-electron chi connectivity index (χ4n) is 2.52. The van der Waals surface area contributed by atoms with Crippen LogP contribution >= 0.6 is 11.6 Å². The normalized spacial score (nSPS) is 15.3. The maximum absolute atomic E-state index is 11.9. The fraction of sp³-hybridized carbons (Fsp3) is 0.312. The SMILES string of the molecule is O=C(Nc1ccc(CN2CCCC2)cc1)c1ccc(Cl)o1. The first-order chi connectivity index (χ1) is 10.2. The number of benzene rings is 1. The first-order valence-electron chi connectivity index (χ1n) is 7.09. The maximum Gasteiger partial charge on any atom is 0.291 e. The number of nitrogens with zero attached hydrogens (tertiary/aromatic N) is 1. The van der Waals surface area contributed by atoms with Gasteiger partial charge in [-0.1, -0.05) is 12.1 Å². The van der Waals surface area contributed by atoms with Crippen molar-refractivity contribution in [2.45, 2.75) is 19.4 Å². The molecule has 0 saturated carbocycles. The molecule has 2 heterocycles. The summed E-state index contributed by atoms with van der Waals surface area (Å²) in [5.74, 6) is -0.0877. The third-order valence-electron chi connectivity index (χ3n) is 3.61. The van der Waals surface area contributed by atoms with Gasteiger partial charge in [-0.05, 0) is 67.4 Å². The van der Waals surface area contributed by atoms with Gasteiger partial charge in [0.15, 0.2) is 11.0 Å². The van der Waals surface area contributed by atoms with Crippen LogP contribution in [0.2, 0.25) is 5.22 Å². The smallest absolute Gasteiger partial charge is 0.291 e. The summed E-state index contributed by atoms with van der Waals surface area (Å²) in [6.07, 6.45) is 2.58. The zero-order chi connectivity index (χ0) is 14.7. The molecule has 0 spiro atoms. The van der Waals surface area contributed by atoms with Gasteiger partial charge in [0, 0.05) is 12.2 Å². The zero-order valence-electron chi connectivity index (χ0n) is 11.6. The minimum absolute atomic E-state index is 0.209. The Balaban J connectivity index is 1.60. The van der Waals surface area contributed by atoms with E-state index < -0.39 is 0 Å². The van der Waals surface area contributed by atoms with Crippen molar-refractivity contribution in [3.8, 4) is 0 Å². The quantitative estimate of drug-likeness (QED) is 0.935. The minimum Gasteiger partial charge on any atom is -0.440 e. The topological polar surface area (TPSA) is 45.5 Å². The Morgan fingerprint density at radius 1 is 1.14 bits per heavy atom. The maximum atomic E-state index is 11.9. The van der Waals surface area contributed by atoms with Crippen molar-refractivity contribution in [3.63, 3.8) is 0 Å². The van der Waals surface area contributed by atoms with Gasteiger partial charge in [0.2, 0.25) is 0 Å². The van der Waals surface area contributed by atoms with Crippen LogP contribution in [0.25, 0.3) is 0 Å². The summed E-state index contributed by atoms with van der Waals surface area (Å²) in [4.78, 5) is 14.4. The van der Waals surface area contributed by atoms with Gasteiger partial charge in [0.05, 0.1) is 0 Å². The molecule has 1 saturated heterocycles. The molecule has 0 radical (unpaired) electrons. The summed E-state index contributed by atoms with van der Waals surface area (Å²) >= 11 is 5.66. The highest BCUT2D eigenvalue weighted by atomic mass is 35.5. The standard InChI is InChI=1S/C16H17ClN2O2/c17-15-8-7-14(21-15)16(20)18-13-5-3-12(4-6-13)11-19-9-1-2-10-19/h3-8H,1-2,9-11H2,(H,18,20). The van der Waals surface area contributed by atoms with Gasteiger partial charge in [-0.2, -0.15) is 0 Å². The molecule has 0 aliphatic carbocycles. The highest BCUT2D eigenvalue weighted by molar-refractivity contribution is 6.29. The van der Waals surface area contributed by atoms with Gasteiger partial charge in [-0.3, -0.25) is 9.69 Å². The molecule has 1 N–H and O–H groups in total. The summed E-state index contributed by atoms with van der Waals surface area (Å²) in [7, 11) is 0. The number of furan rings is 1. The van der Waals surface area contributed by atoms with E-state index in [1.54, 1.807) is 12.1 Å². The van der Waals surface area contributed by atoms with Crippen LogP contribution in [0.5, 0.6) is 0 Å². The number of amides is 1. The van der Waals surface area contributed by atoms with Crippen molar-refractivity contribution in [1.29, 1.82) is 0 Å². The number of nitrogens with one attached hydrogen (secondary N) is 1. The van der Waals surface area contributed by atoms with Crippen LogP contribution in [-0.2, 0) is 6.54 Å². The average molecular weight is 305 g/mol. The summed E-state index contributed by atoms with van der Waals surface area (Å²) in [5, 5.41) is 3.00. The van der Waals surface area contributed by atoms with Crippen LogP contribution in [0.1, 0.15) is 29.0 Å². The average Bonchev–Trinajstić information content (AvgIpc) is 3.12. The van der Waals surface area contributed by atoms with Crippen molar-refractivity contribution in [1.82, 2.24) is 4.90 Å². The third kappa shape index (κ3) is 3.65. The van der Waals surface area contributed by atoms with Gasteiger partial charge < -0.3 is 9.73 Å². The second-order valence-corrected chi connectivity index (χ2v) is 5.61. The lowest BCUT2D eigenvalue weighted by Crippen LogP contribution is -2.18. The van der Waals surface area contributed by atoms with Gasteiger partial charge >= 0.3 is 0 Å². The van der Waals surface area contributed by atoms with E-state index in [9.17, 15) is 4.79 Å². The molecule has 0 atom stereocenters. The van der Waals surface area contributed by atoms with Gasteiger partial charge in [-0.15, -0.1) is 0 Å². The first-order valence-corrected chi connectivity index (χ1v) is 7.46. The molecule has 2 aromatic rings. The molecule has 5 heteroatoms. The van der Waals surface area contributed by atoms with E-state index in [0.29, 0.717) is 0 Å². The van der Waals surface area contributed by atoms with Crippen LogP contribution < -0.4 is 5.32 Å². The van der Waals surface area contributed by atoms with Gasteiger partial charge in [0.1, 0.15) is 0 Å². The summed E-state index contributed by atoms with van der Waals surface area (Å²) in [6, 6.07) is 11.0. The number of hydrogen-bond acceptors (Lipinski definition) is 3. The molecule has 21 heavy (non-hydrogen) atoms. The zero-order valence-corrected chi connectivity index (χ0v) is 12.4. The second-order valence-electron chi connectivity index (χ2n) is 5.24. The van der Waals surface area contributed by atoms with E-state index >= 15 is 0 Å². The van der Waals surface area contributed by atoms with E-state index in [2.05, 4.69) is 10.2 Å². The Morgan fingerprint density at radius 2 is 1.86 bits per heavy atom. The number of carbonyl (C=O) groups excluding carboxylic acids is 1. The third-order valence-corrected chi connectivity index (χ3v) is 3.82. The Labute approximate surface area is 128 Å². The molecule has 1 aromatic carbocycles. The van der Waals surface area contributed by atoms with E-state index in [4.69, 9.17) is 16.0 Å². The van der Waals surface area contributed by atoms with Crippen LogP contribution in [0.4, 0.5) is 5.69 Å². The molecule has 3 rings (SSSR count). The number of anilines is 1. The Morgan fingerprint density at radius 3 is 2.48 bits per heavy atom. The number of carbonyl (C=O) groups is 1. The highest BCUT2D eigenvalue weighted by Gasteiger charge is 2.13. The van der Waals surface area contributed by atoms with Crippen molar-refractivity contribution >= 4 is 23.2 Å². The van der Waals surface area contributed by atoms with Crippen LogP contribution in [0.3, 0.4) is 0 Å². The monoisotopic (exact) mass is 304 g/mol. The Hall–Kier alpha value is -1.78. The summed E-state index contributed by atoms with van der Waals surface area (Å²) < 4.78 is 5.08. The summed E-state index contributed by atoms with van der Waals surface area (Å²) in [5.41, 5.74) is 2.01. The number of hydrogen-bond donors (Lipinski definition) is 1. The lowest BCUT2D eigenvalue weighted by atomic mass is 10.2. The van der Waals surface area contributed by atoms with Crippen molar-refractivity contribution in [3.05, 3.63) is 52.9 Å². The van der Waals surface area contributed by atoms with Crippen molar-refractivity contribution < 1.29 is 9.21 Å². The molecule has 110 valence electrons. The molecular weight excluding hydrogens is 288 g/mol. The lowest BCUT2D eigenvalue weighted by Gasteiger charge is -2.14. The number of rotatable bonds is 4. The van der Waals surface area contributed by atoms with E-state index in [1.807, 2.05) is 24.3 Å². The van der Waals surface area contributed by atoms with E-state index in [0.717, 1.165) is 12.2 Å². The van der Waals surface area contributed by atoms with Crippen LogP contribution in [0, 0.1) is 0 Å². The molecule has 4 nitrogen and oxygen atoms in total. The van der Waals surface area contributed by atoms with E-state index in [-0.39, 0.29) is 16.9 Å². The second kappa shape index (κ2) is 6.33. The van der Waals surface area contributed by atoms with E-state index in [1.165, 1.54) is 31.5 Å². The lowest BCUT2D eigenvalue weighted by molar-refractivity contribution is 0.0997. The van der Waals surface area contributed by atoms with Crippen molar-refractivity contribution in [2.24, 2.45) is 0 Å². The molecular formula is C16H17ClN2O2. The summed E-state index contributed by atoms with van der Waals surface area (Å²) in [6.45, 7) is 3.33. The Kier molecular flexibility index (Phi) is 4.27. The van der Waals surface area contributed by atoms with Crippen molar-refractivity contribution in [2.75, 3.05) is 18.4 Å². The molecule has 1 amide bonds. The molecule has 1 aliphatic heterocycles. The highest BCUT2D eigenvalue weighted by Crippen LogP contribution is 2.17. The van der Waals surface area contributed by atoms with Gasteiger partial charge in [0.25, 0.3) is 5.91 Å². The van der Waals surface area contributed by atoms with Crippen LogP contribution in [-0.4, -0.2) is 23.9 Å². The first kappa shape index (κ1) is 14.2. The number of halogens is 1. The molecule has 1 aromatic heterocycles. The number of likely N-dealkylation sites (tertiary alicyclic amines) is 1. The molecule has 0 unspecified atom stereocenters. The van der Waals surface area contributed by atoms with Crippen LogP contribution in [0.15, 0.2) is 40.8 Å². The molecule has 1 aliphatic rings. The minimum atomic E-state index is -0.297. The molecule has 1 fully saturated rings. The molecule has 0 bridgehead atoms. The Bertz CT molecular complexity index is 615. The predicted octanol–water partition coefficient (Wildman–Crippen LogP) is 3.78. The fourth-order valence-corrected chi connectivity index (χ4v) is 2.67. The predicted molar refractivity (Wildman–Crippen MR) is 82.6 cm³/mol. The largest absolute Gasteiger partial charge is 0.440 e.